The number of amides is 2. The Morgan fingerprint density at radius 2 is 1.82 bits per heavy atom. The van der Waals surface area contributed by atoms with Crippen LogP contribution in [0.1, 0.15) is 30.9 Å². The Balaban J connectivity index is 1.37. The number of ether oxygens (including phenoxy) is 2. The minimum atomic E-state index is -0.992. The Bertz CT molecular complexity index is 955. The van der Waals surface area contributed by atoms with Gasteiger partial charge >= 0.3 is 12.0 Å². The zero-order valence-corrected chi connectivity index (χ0v) is 19.8. The molecule has 2 aromatic carbocycles. The van der Waals surface area contributed by atoms with Gasteiger partial charge in [-0.25, -0.2) is 4.79 Å². The number of carboxylic acids is 1. The van der Waals surface area contributed by atoms with Crippen molar-refractivity contribution < 1.29 is 24.2 Å². The summed E-state index contributed by atoms with van der Waals surface area (Å²) >= 11 is 3.57. The van der Waals surface area contributed by atoms with Crippen LogP contribution in [0.4, 0.5) is 4.79 Å². The summed E-state index contributed by atoms with van der Waals surface area (Å²) in [6.07, 6.45) is 2.38. The van der Waals surface area contributed by atoms with Gasteiger partial charge in [-0.15, -0.1) is 11.8 Å². The zero-order chi connectivity index (χ0) is 23.0. The third kappa shape index (κ3) is 7.50. The average Bonchev–Trinajstić information content (AvgIpc) is 3.50. The normalized spacial score (nSPS) is 16.1. The van der Waals surface area contributed by atoms with E-state index in [-0.39, 0.29) is 25.3 Å². The number of aliphatic carboxylic acids is 1. The van der Waals surface area contributed by atoms with Crippen LogP contribution in [-0.2, 0) is 4.79 Å². The molecule has 2 aliphatic rings. The first-order valence-electron chi connectivity index (χ1n) is 11.0. The number of thioether (sulfide) groups is 2. The number of rotatable bonds is 12. The van der Waals surface area contributed by atoms with Gasteiger partial charge in [0.05, 0.1) is 12.5 Å². The van der Waals surface area contributed by atoms with Crippen LogP contribution in [-0.4, -0.2) is 47.2 Å². The van der Waals surface area contributed by atoms with Gasteiger partial charge in [-0.1, -0.05) is 24.3 Å². The second-order valence-corrected chi connectivity index (χ2v) is 10.4. The van der Waals surface area contributed by atoms with E-state index < -0.39 is 12.0 Å². The minimum Gasteiger partial charge on any atom is -0.481 e. The van der Waals surface area contributed by atoms with Gasteiger partial charge in [0, 0.05) is 22.4 Å². The van der Waals surface area contributed by atoms with Crippen molar-refractivity contribution in [1.29, 1.82) is 0 Å². The van der Waals surface area contributed by atoms with Crippen molar-refractivity contribution in [1.82, 2.24) is 10.6 Å². The van der Waals surface area contributed by atoms with Crippen molar-refractivity contribution in [3.05, 3.63) is 54.1 Å². The minimum absolute atomic E-state index is 0.0406. The first kappa shape index (κ1) is 23.6. The molecule has 9 heteroatoms. The molecule has 0 aromatic heterocycles. The lowest BCUT2D eigenvalue weighted by molar-refractivity contribution is -0.137. The van der Waals surface area contributed by atoms with Crippen LogP contribution < -0.4 is 20.1 Å². The predicted molar refractivity (Wildman–Crippen MR) is 130 cm³/mol. The Hall–Kier alpha value is -2.52. The second-order valence-electron chi connectivity index (χ2n) is 8.18. The maximum Gasteiger partial charge on any atom is 0.315 e. The van der Waals surface area contributed by atoms with Crippen molar-refractivity contribution in [2.45, 2.75) is 36.2 Å². The topological polar surface area (TPSA) is 96.9 Å². The molecule has 1 fully saturated rings. The zero-order valence-electron chi connectivity index (χ0n) is 18.2. The summed E-state index contributed by atoms with van der Waals surface area (Å²) in [5.41, 5.74) is 0.662. The van der Waals surface area contributed by atoms with Crippen molar-refractivity contribution >= 4 is 35.5 Å². The molecule has 0 spiro atoms. The number of carboxylic acid groups (broad SMARTS) is 1. The van der Waals surface area contributed by atoms with Gasteiger partial charge in [0.15, 0.2) is 11.5 Å². The van der Waals surface area contributed by atoms with E-state index in [0.717, 1.165) is 28.1 Å². The lowest BCUT2D eigenvalue weighted by atomic mass is 10.0. The summed E-state index contributed by atoms with van der Waals surface area (Å²) in [6.45, 7) is 0.135. The number of hydrogen-bond acceptors (Lipinski definition) is 6. The first-order chi connectivity index (χ1) is 16.1. The quantitative estimate of drug-likeness (QED) is 0.378. The first-order valence-corrected chi connectivity index (χ1v) is 13.1. The molecular formula is C24H28N2O5S2. The summed E-state index contributed by atoms with van der Waals surface area (Å²) < 4.78 is 10.7. The number of urea groups is 1. The fraction of sp³-hybridized carbons (Fsp3) is 0.417. The molecule has 7 nitrogen and oxygen atoms in total. The standard InChI is InChI=1S/C24H28N2O5S2/c27-23(28)11-20(17-8-9-21-22(10-17)31-15-30-21)26-24(29)25-18(13-32-12-16-6-7-16)14-33-19-4-2-1-3-5-19/h1-5,8-10,16,18,20H,6-7,11-15H2,(H,27,28)(H2,25,26,29)/t18-,20-/m0/s1. The van der Waals surface area contributed by atoms with Crippen LogP contribution >= 0.6 is 23.5 Å². The van der Waals surface area contributed by atoms with Gasteiger partial charge < -0.3 is 25.2 Å². The van der Waals surface area contributed by atoms with Crippen LogP contribution in [0.15, 0.2) is 53.4 Å². The van der Waals surface area contributed by atoms with Gasteiger partial charge in [-0.05, 0) is 54.3 Å². The van der Waals surface area contributed by atoms with E-state index in [2.05, 4.69) is 22.8 Å². The number of nitrogens with one attached hydrogen (secondary N) is 2. The Kier molecular flexibility index (Phi) is 8.28. The molecule has 3 N–H and O–H groups in total. The Labute approximate surface area is 202 Å². The van der Waals surface area contributed by atoms with Crippen LogP contribution in [0.2, 0.25) is 0 Å². The molecule has 2 amide bonds. The smallest absolute Gasteiger partial charge is 0.315 e. The molecule has 2 atom stereocenters. The van der Waals surface area contributed by atoms with E-state index in [1.165, 1.54) is 12.8 Å². The second kappa shape index (κ2) is 11.6. The van der Waals surface area contributed by atoms with E-state index in [1.54, 1.807) is 30.0 Å². The molecule has 0 bridgehead atoms. The highest BCUT2D eigenvalue weighted by Crippen LogP contribution is 2.35. The molecule has 176 valence electrons. The summed E-state index contributed by atoms with van der Waals surface area (Å²) in [5, 5.41) is 15.3. The lowest BCUT2D eigenvalue weighted by Crippen LogP contribution is -2.46. The fourth-order valence-electron chi connectivity index (χ4n) is 3.45. The van der Waals surface area contributed by atoms with Gasteiger partial charge in [0.2, 0.25) is 6.79 Å². The van der Waals surface area contributed by atoms with Crippen molar-refractivity contribution in [2.75, 3.05) is 24.1 Å². The average molecular weight is 489 g/mol. The van der Waals surface area contributed by atoms with E-state index >= 15 is 0 Å². The highest BCUT2D eigenvalue weighted by atomic mass is 32.2. The molecule has 0 saturated heterocycles. The van der Waals surface area contributed by atoms with Crippen LogP contribution in [0.5, 0.6) is 11.5 Å². The SMILES string of the molecule is O=C(O)C[C@H](NC(=O)N[C@@H](CSCC1CC1)CSc1ccccc1)c1ccc2c(c1)OCO2. The highest BCUT2D eigenvalue weighted by molar-refractivity contribution is 8.00. The molecule has 0 radical (unpaired) electrons. The third-order valence-corrected chi connectivity index (χ3v) is 7.90. The number of carbonyl (C=O) groups is 2. The van der Waals surface area contributed by atoms with Crippen molar-refractivity contribution in [3.8, 4) is 11.5 Å². The number of benzene rings is 2. The van der Waals surface area contributed by atoms with Gasteiger partial charge in [-0.3, -0.25) is 4.79 Å². The van der Waals surface area contributed by atoms with Crippen LogP contribution in [0, 0.1) is 5.92 Å². The van der Waals surface area contributed by atoms with Gasteiger partial charge in [-0.2, -0.15) is 11.8 Å². The monoisotopic (exact) mass is 488 g/mol. The molecule has 33 heavy (non-hydrogen) atoms. The Morgan fingerprint density at radius 3 is 2.58 bits per heavy atom. The van der Waals surface area contributed by atoms with E-state index in [4.69, 9.17) is 9.47 Å². The molecule has 4 rings (SSSR count). The lowest BCUT2D eigenvalue weighted by Gasteiger charge is -2.22. The largest absolute Gasteiger partial charge is 0.481 e. The van der Waals surface area contributed by atoms with E-state index in [9.17, 15) is 14.7 Å². The summed E-state index contributed by atoms with van der Waals surface area (Å²) in [6, 6.07) is 14.2. The molecule has 1 aliphatic carbocycles. The summed E-state index contributed by atoms with van der Waals surface area (Å²) in [7, 11) is 0. The maximum absolute atomic E-state index is 12.9. The molecular weight excluding hydrogens is 460 g/mol. The van der Waals surface area contributed by atoms with Crippen LogP contribution in [0.25, 0.3) is 0 Å². The van der Waals surface area contributed by atoms with Crippen LogP contribution in [0.3, 0.4) is 0 Å². The maximum atomic E-state index is 12.9. The number of hydrogen-bond donors (Lipinski definition) is 3. The van der Waals surface area contributed by atoms with E-state index in [0.29, 0.717) is 17.1 Å². The molecule has 1 heterocycles. The van der Waals surface area contributed by atoms with Gasteiger partial charge in [0.1, 0.15) is 0 Å². The molecule has 1 aliphatic heterocycles. The molecule has 2 aromatic rings. The summed E-state index contributed by atoms with van der Waals surface area (Å²) in [4.78, 5) is 25.5. The predicted octanol–water partition coefficient (Wildman–Crippen LogP) is 4.53. The number of fused-ring (bicyclic) bond motifs is 1. The van der Waals surface area contributed by atoms with Gasteiger partial charge in [0.25, 0.3) is 0 Å². The number of carbonyl (C=O) groups excluding carboxylic acids is 1. The summed E-state index contributed by atoms with van der Waals surface area (Å²) in [5.74, 6) is 3.67. The molecule has 1 saturated carbocycles. The third-order valence-electron chi connectivity index (χ3n) is 5.38. The van der Waals surface area contributed by atoms with Crippen molar-refractivity contribution in [2.24, 2.45) is 5.92 Å². The highest BCUT2D eigenvalue weighted by Gasteiger charge is 2.24. The Morgan fingerprint density at radius 1 is 1.03 bits per heavy atom. The molecule has 0 unspecified atom stereocenters. The fourth-order valence-corrected chi connectivity index (χ4v) is 5.83. The van der Waals surface area contributed by atoms with E-state index in [1.807, 2.05) is 30.0 Å². The van der Waals surface area contributed by atoms with Crippen molar-refractivity contribution in [3.63, 3.8) is 0 Å².